The van der Waals surface area contributed by atoms with Crippen LogP contribution < -0.4 is 0 Å². The summed E-state index contributed by atoms with van der Waals surface area (Å²) in [6.45, 7) is 5.39. The molecule has 3 heterocycles. The van der Waals surface area contributed by atoms with Crippen LogP contribution in [0.1, 0.15) is 44.4 Å². The van der Waals surface area contributed by atoms with E-state index in [1.807, 2.05) is 12.3 Å². The number of nitrogens with zero attached hydrogens (tertiary/aromatic N) is 2. The summed E-state index contributed by atoms with van der Waals surface area (Å²) in [6.07, 6.45) is 6.34. The van der Waals surface area contributed by atoms with Gasteiger partial charge >= 0.3 is 0 Å². The maximum absolute atomic E-state index is 12.1. The summed E-state index contributed by atoms with van der Waals surface area (Å²) in [4.78, 5) is 16.6. The molecule has 0 aromatic carbocycles. The summed E-state index contributed by atoms with van der Waals surface area (Å²) < 4.78 is 2.35. The fourth-order valence-electron chi connectivity index (χ4n) is 3.32. The molecule has 1 atom stereocenters. The van der Waals surface area contributed by atoms with Crippen molar-refractivity contribution in [1.29, 1.82) is 0 Å². The highest BCUT2D eigenvalue weighted by Gasteiger charge is 2.24. The van der Waals surface area contributed by atoms with E-state index >= 15 is 0 Å². The molecule has 0 fully saturated rings. The minimum atomic E-state index is 0.352. The lowest BCUT2D eigenvalue weighted by Gasteiger charge is -2.22. The molecule has 0 amide bonds. The Morgan fingerprint density at radius 3 is 3.15 bits per heavy atom. The Bertz CT molecular complexity index is 642. The van der Waals surface area contributed by atoms with Gasteiger partial charge in [0.1, 0.15) is 11.4 Å². The predicted octanol–water partition coefficient (Wildman–Crippen LogP) is 3.53. The summed E-state index contributed by atoms with van der Waals surface area (Å²) in [6, 6.07) is 4.10. The summed E-state index contributed by atoms with van der Waals surface area (Å²) in [5.41, 5.74) is 3.65. The molecule has 1 unspecified atom stereocenters. The first-order valence-electron chi connectivity index (χ1n) is 7.67. The summed E-state index contributed by atoms with van der Waals surface area (Å²) in [5.74, 6) is 1.05. The van der Waals surface area contributed by atoms with Crippen LogP contribution in [0.2, 0.25) is 0 Å². The second kappa shape index (κ2) is 5.39. The molecule has 2 aromatic heterocycles. The van der Waals surface area contributed by atoms with Crippen molar-refractivity contribution >= 4 is 16.8 Å². The van der Waals surface area contributed by atoms with E-state index in [9.17, 15) is 4.79 Å². The second-order valence-corrected chi connectivity index (χ2v) is 6.02. The molecule has 3 heteroatoms. The Kier molecular flexibility index (Phi) is 3.60. The fourth-order valence-corrected chi connectivity index (χ4v) is 3.32. The van der Waals surface area contributed by atoms with Crippen molar-refractivity contribution in [2.24, 2.45) is 5.92 Å². The van der Waals surface area contributed by atoms with Crippen LogP contribution in [-0.2, 0) is 24.2 Å². The van der Waals surface area contributed by atoms with Gasteiger partial charge in [-0.1, -0.05) is 13.8 Å². The minimum absolute atomic E-state index is 0.352. The Morgan fingerprint density at radius 2 is 2.35 bits per heavy atom. The van der Waals surface area contributed by atoms with Gasteiger partial charge in [0.2, 0.25) is 0 Å². The molecule has 0 aliphatic carbocycles. The number of fused-ring (bicyclic) bond motifs is 3. The molecule has 3 nitrogen and oxygen atoms in total. The molecule has 0 bridgehead atoms. The number of hydrogen-bond acceptors (Lipinski definition) is 2. The highest BCUT2D eigenvalue weighted by Crippen LogP contribution is 2.32. The number of Topliss-reactive ketones (excluding diaryl/α,β-unsaturated/α-hetero) is 1. The van der Waals surface area contributed by atoms with Gasteiger partial charge in [-0.2, -0.15) is 0 Å². The second-order valence-electron chi connectivity index (χ2n) is 6.02. The molecular weight excluding hydrogens is 248 g/mol. The van der Waals surface area contributed by atoms with Gasteiger partial charge in [0.15, 0.2) is 0 Å². The summed E-state index contributed by atoms with van der Waals surface area (Å²) in [7, 11) is 0. The van der Waals surface area contributed by atoms with Crippen molar-refractivity contribution in [3.8, 4) is 0 Å². The molecule has 3 rings (SSSR count). The first-order valence-corrected chi connectivity index (χ1v) is 7.67. The summed E-state index contributed by atoms with van der Waals surface area (Å²) in [5, 5.41) is 1.18. The van der Waals surface area contributed by atoms with Crippen LogP contribution in [-0.4, -0.2) is 15.3 Å². The largest absolute Gasteiger partial charge is 0.329 e. The van der Waals surface area contributed by atoms with Crippen molar-refractivity contribution in [2.75, 3.05) is 0 Å². The van der Waals surface area contributed by atoms with Crippen molar-refractivity contribution in [3.63, 3.8) is 0 Å². The van der Waals surface area contributed by atoms with Crippen LogP contribution in [0, 0.1) is 5.92 Å². The van der Waals surface area contributed by atoms with Crippen LogP contribution in [0.3, 0.4) is 0 Å². The average molecular weight is 270 g/mol. The molecule has 0 saturated heterocycles. The molecule has 0 N–H and O–H groups in total. The number of hydrogen-bond donors (Lipinski definition) is 0. The van der Waals surface area contributed by atoms with Crippen molar-refractivity contribution in [1.82, 2.24) is 9.55 Å². The number of pyridine rings is 1. The van der Waals surface area contributed by atoms with Gasteiger partial charge in [-0.3, -0.25) is 4.79 Å². The van der Waals surface area contributed by atoms with Crippen LogP contribution in [0.15, 0.2) is 18.3 Å². The summed E-state index contributed by atoms with van der Waals surface area (Å²) >= 11 is 0. The smallest absolute Gasteiger partial charge is 0.140 e. The van der Waals surface area contributed by atoms with Gasteiger partial charge in [0.05, 0.1) is 0 Å². The molecule has 2 aromatic rings. The van der Waals surface area contributed by atoms with E-state index in [0.717, 1.165) is 25.0 Å². The lowest BCUT2D eigenvalue weighted by atomic mass is 9.95. The van der Waals surface area contributed by atoms with Gasteiger partial charge in [-0.05, 0) is 42.9 Å². The zero-order chi connectivity index (χ0) is 14.1. The van der Waals surface area contributed by atoms with Crippen LogP contribution in [0.4, 0.5) is 0 Å². The van der Waals surface area contributed by atoms with E-state index in [1.165, 1.54) is 23.1 Å². The van der Waals surface area contributed by atoms with Crippen molar-refractivity contribution in [2.45, 2.75) is 52.5 Å². The molecule has 0 saturated carbocycles. The van der Waals surface area contributed by atoms with Gasteiger partial charge in [-0.25, -0.2) is 4.98 Å². The van der Waals surface area contributed by atoms with Gasteiger partial charge in [0.25, 0.3) is 0 Å². The van der Waals surface area contributed by atoms with Crippen molar-refractivity contribution < 1.29 is 4.79 Å². The Balaban J connectivity index is 2.09. The quantitative estimate of drug-likeness (QED) is 0.852. The number of ketones is 1. The van der Waals surface area contributed by atoms with Crippen LogP contribution in [0.25, 0.3) is 11.0 Å². The van der Waals surface area contributed by atoms with E-state index in [4.69, 9.17) is 0 Å². The molecule has 0 radical (unpaired) electrons. The monoisotopic (exact) mass is 270 g/mol. The van der Waals surface area contributed by atoms with Crippen LogP contribution in [0.5, 0.6) is 0 Å². The standard InChI is InChI=1S/C17H22N2O/c1-3-5-13(20)10-15-14-6-4-9-18-17(14)19-11-12(2)7-8-16(15)19/h4,6,9,12H,3,5,7-8,10-11H2,1-2H3. The van der Waals surface area contributed by atoms with Crippen molar-refractivity contribution in [3.05, 3.63) is 29.6 Å². The van der Waals surface area contributed by atoms with E-state index in [1.54, 1.807) is 0 Å². The number of carbonyl (C=O) groups is 1. The van der Waals surface area contributed by atoms with Gasteiger partial charge in [0, 0.05) is 36.7 Å². The zero-order valence-electron chi connectivity index (χ0n) is 12.4. The highest BCUT2D eigenvalue weighted by molar-refractivity contribution is 5.89. The SMILES string of the molecule is CCCC(=O)Cc1c2n(c3ncccc13)CC(C)CC2. The topological polar surface area (TPSA) is 34.9 Å². The van der Waals surface area contributed by atoms with E-state index in [2.05, 4.69) is 29.5 Å². The van der Waals surface area contributed by atoms with E-state index in [-0.39, 0.29) is 0 Å². The van der Waals surface area contributed by atoms with Gasteiger partial charge in [-0.15, -0.1) is 0 Å². The van der Waals surface area contributed by atoms with E-state index in [0.29, 0.717) is 24.5 Å². The van der Waals surface area contributed by atoms with E-state index < -0.39 is 0 Å². The first-order chi connectivity index (χ1) is 9.70. The number of aromatic nitrogens is 2. The lowest BCUT2D eigenvalue weighted by molar-refractivity contribution is -0.118. The van der Waals surface area contributed by atoms with Crippen LogP contribution >= 0.6 is 0 Å². The number of rotatable bonds is 4. The molecule has 20 heavy (non-hydrogen) atoms. The third-order valence-corrected chi connectivity index (χ3v) is 4.31. The normalized spacial score (nSPS) is 18.2. The average Bonchev–Trinajstić information content (AvgIpc) is 2.74. The predicted molar refractivity (Wildman–Crippen MR) is 80.8 cm³/mol. The molecular formula is C17H22N2O. The minimum Gasteiger partial charge on any atom is -0.329 e. The lowest BCUT2D eigenvalue weighted by Crippen LogP contribution is -2.19. The Hall–Kier alpha value is -1.64. The maximum atomic E-state index is 12.1. The Morgan fingerprint density at radius 1 is 1.50 bits per heavy atom. The first kappa shape index (κ1) is 13.3. The molecule has 1 aliphatic rings. The fraction of sp³-hybridized carbons (Fsp3) is 0.529. The molecule has 106 valence electrons. The van der Waals surface area contributed by atoms with Gasteiger partial charge < -0.3 is 4.57 Å². The maximum Gasteiger partial charge on any atom is 0.140 e. The highest BCUT2D eigenvalue weighted by atomic mass is 16.1. The Labute approximate surface area is 120 Å². The third-order valence-electron chi connectivity index (χ3n) is 4.31. The zero-order valence-corrected chi connectivity index (χ0v) is 12.4. The number of carbonyl (C=O) groups excluding carboxylic acids is 1. The molecule has 1 aliphatic heterocycles. The third kappa shape index (κ3) is 2.26. The molecule has 0 spiro atoms.